The Hall–Kier alpha value is -2.64. The van der Waals surface area contributed by atoms with Gasteiger partial charge in [-0.05, 0) is 36.8 Å². The van der Waals surface area contributed by atoms with E-state index < -0.39 is 4.92 Å². The molecule has 1 atom stereocenters. The van der Waals surface area contributed by atoms with E-state index in [9.17, 15) is 14.9 Å². The summed E-state index contributed by atoms with van der Waals surface area (Å²) in [6, 6.07) is 11.5. The summed E-state index contributed by atoms with van der Waals surface area (Å²) in [5.41, 5.74) is 0.833. The first-order valence-corrected chi connectivity index (χ1v) is 7.89. The van der Waals surface area contributed by atoms with Crippen LogP contribution in [0.15, 0.2) is 42.5 Å². The van der Waals surface area contributed by atoms with Crippen LogP contribution in [0.3, 0.4) is 0 Å². The fourth-order valence-corrected chi connectivity index (χ4v) is 2.43. The number of halogens is 1. The predicted molar refractivity (Wildman–Crippen MR) is 96.1 cm³/mol. The van der Waals surface area contributed by atoms with Gasteiger partial charge in [0.15, 0.2) is 0 Å². The van der Waals surface area contributed by atoms with E-state index in [1.165, 1.54) is 19.2 Å². The van der Waals surface area contributed by atoms with Crippen LogP contribution >= 0.6 is 11.6 Å². The molecule has 0 bridgehead atoms. The lowest BCUT2D eigenvalue weighted by Crippen LogP contribution is -2.30. The van der Waals surface area contributed by atoms with Gasteiger partial charge in [0.2, 0.25) is 5.91 Å². The summed E-state index contributed by atoms with van der Waals surface area (Å²) in [5.74, 6) is -0.0421. The van der Waals surface area contributed by atoms with Gasteiger partial charge < -0.3 is 15.4 Å². The second-order valence-electron chi connectivity index (χ2n) is 5.35. The molecule has 2 rings (SSSR count). The lowest BCUT2D eigenvalue weighted by Gasteiger charge is -2.14. The number of nitrogens with one attached hydrogen (secondary N) is 2. The molecular formula is C17H18ClN3O4. The highest BCUT2D eigenvalue weighted by Crippen LogP contribution is 2.28. The van der Waals surface area contributed by atoms with Gasteiger partial charge >= 0.3 is 0 Å². The van der Waals surface area contributed by atoms with Crippen molar-refractivity contribution < 1.29 is 14.5 Å². The summed E-state index contributed by atoms with van der Waals surface area (Å²) < 4.78 is 4.96. The topological polar surface area (TPSA) is 93.5 Å². The Balaban J connectivity index is 1.99. The van der Waals surface area contributed by atoms with Crippen LogP contribution in [0.1, 0.15) is 18.5 Å². The van der Waals surface area contributed by atoms with Gasteiger partial charge in [-0.25, -0.2) is 0 Å². The summed E-state index contributed by atoms with van der Waals surface area (Å²) >= 11 is 5.95. The zero-order chi connectivity index (χ0) is 18.4. The highest BCUT2D eigenvalue weighted by molar-refractivity contribution is 6.30. The lowest BCUT2D eigenvalue weighted by molar-refractivity contribution is -0.384. The molecule has 8 heteroatoms. The van der Waals surface area contributed by atoms with Crippen molar-refractivity contribution in [2.75, 3.05) is 19.0 Å². The van der Waals surface area contributed by atoms with Crippen LogP contribution in [0.5, 0.6) is 5.75 Å². The fourth-order valence-electron chi connectivity index (χ4n) is 2.23. The lowest BCUT2D eigenvalue weighted by atomic mass is 10.1. The highest BCUT2D eigenvalue weighted by Gasteiger charge is 2.17. The Labute approximate surface area is 150 Å². The number of ether oxygens (including phenoxy) is 1. The molecule has 2 N–H and O–H groups in total. The quantitative estimate of drug-likeness (QED) is 0.579. The molecule has 0 fully saturated rings. The van der Waals surface area contributed by atoms with Crippen LogP contribution in [-0.2, 0) is 4.79 Å². The molecule has 0 aromatic heterocycles. The Morgan fingerprint density at radius 2 is 2.08 bits per heavy atom. The maximum absolute atomic E-state index is 12.1. The third-order valence-corrected chi connectivity index (χ3v) is 3.83. The number of hydrogen-bond acceptors (Lipinski definition) is 5. The van der Waals surface area contributed by atoms with Gasteiger partial charge in [-0.1, -0.05) is 23.7 Å². The highest BCUT2D eigenvalue weighted by atomic mass is 35.5. The van der Waals surface area contributed by atoms with Gasteiger partial charge in [0.05, 0.1) is 24.6 Å². The third kappa shape index (κ3) is 5.17. The number of rotatable bonds is 7. The summed E-state index contributed by atoms with van der Waals surface area (Å²) in [4.78, 5) is 22.6. The van der Waals surface area contributed by atoms with Gasteiger partial charge in [0.25, 0.3) is 5.69 Å². The molecule has 0 radical (unpaired) electrons. The standard InChI is InChI=1S/C17H18ClN3O4/c1-11(12-4-3-5-13(18)8-12)19-10-17(22)20-15-7-6-14(25-2)9-16(15)21(23)24/h3-9,11,19H,10H2,1-2H3,(H,20,22)/t11-/m1/s1. The number of nitro benzene ring substituents is 1. The molecule has 1 amide bonds. The molecule has 25 heavy (non-hydrogen) atoms. The summed E-state index contributed by atoms with van der Waals surface area (Å²) in [6.45, 7) is 1.89. The summed E-state index contributed by atoms with van der Waals surface area (Å²) in [6.07, 6.45) is 0. The van der Waals surface area contributed by atoms with E-state index in [4.69, 9.17) is 16.3 Å². The van der Waals surface area contributed by atoms with E-state index in [1.54, 1.807) is 12.1 Å². The number of carbonyl (C=O) groups excluding carboxylic acids is 1. The van der Waals surface area contributed by atoms with Gasteiger partial charge in [0, 0.05) is 11.1 Å². The van der Waals surface area contributed by atoms with E-state index in [2.05, 4.69) is 10.6 Å². The predicted octanol–water partition coefficient (Wildman–Crippen LogP) is 3.55. The number of benzene rings is 2. The SMILES string of the molecule is COc1ccc(NC(=O)CN[C@H](C)c2cccc(Cl)c2)c([N+](=O)[O-])c1. The van der Waals surface area contributed by atoms with Crippen molar-refractivity contribution in [2.45, 2.75) is 13.0 Å². The minimum atomic E-state index is -0.569. The van der Waals surface area contributed by atoms with Crippen LogP contribution in [0.25, 0.3) is 0 Å². The molecule has 2 aromatic rings. The van der Waals surface area contributed by atoms with E-state index in [1.807, 2.05) is 25.1 Å². The van der Waals surface area contributed by atoms with Crippen molar-refractivity contribution in [3.8, 4) is 5.75 Å². The molecule has 0 aliphatic heterocycles. The molecule has 0 saturated heterocycles. The molecule has 0 aliphatic carbocycles. The Morgan fingerprint density at radius 3 is 2.72 bits per heavy atom. The van der Waals surface area contributed by atoms with E-state index in [0.29, 0.717) is 10.8 Å². The number of amides is 1. The first kappa shape index (κ1) is 18.7. The number of anilines is 1. The Bertz CT molecular complexity index is 782. The average molecular weight is 364 g/mol. The second kappa shape index (κ2) is 8.46. The number of nitrogens with zero attached hydrogens (tertiary/aromatic N) is 1. The van der Waals surface area contributed by atoms with Crippen LogP contribution in [0.4, 0.5) is 11.4 Å². The fraction of sp³-hybridized carbons (Fsp3) is 0.235. The summed E-state index contributed by atoms with van der Waals surface area (Å²) in [7, 11) is 1.42. The molecule has 0 saturated carbocycles. The van der Waals surface area contributed by atoms with Crippen molar-refractivity contribution in [3.05, 3.63) is 63.2 Å². The van der Waals surface area contributed by atoms with Gasteiger partial charge in [0.1, 0.15) is 11.4 Å². The molecule has 0 aliphatic rings. The zero-order valence-corrected chi connectivity index (χ0v) is 14.5. The zero-order valence-electron chi connectivity index (χ0n) is 13.8. The molecule has 0 heterocycles. The average Bonchev–Trinajstić information content (AvgIpc) is 2.59. The minimum Gasteiger partial charge on any atom is -0.496 e. The van der Waals surface area contributed by atoms with Crippen LogP contribution in [0.2, 0.25) is 5.02 Å². The third-order valence-electron chi connectivity index (χ3n) is 3.59. The molecule has 0 spiro atoms. The number of carbonyl (C=O) groups is 1. The van der Waals surface area contributed by atoms with Crippen molar-refractivity contribution >= 4 is 28.9 Å². The monoisotopic (exact) mass is 363 g/mol. The Kier molecular flexibility index (Phi) is 6.32. The van der Waals surface area contributed by atoms with Gasteiger partial charge in [-0.15, -0.1) is 0 Å². The van der Waals surface area contributed by atoms with E-state index in [0.717, 1.165) is 5.56 Å². The molecular weight excluding hydrogens is 346 g/mol. The Morgan fingerprint density at radius 1 is 1.32 bits per heavy atom. The molecule has 7 nitrogen and oxygen atoms in total. The largest absolute Gasteiger partial charge is 0.496 e. The van der Waals surface area contributed by atoms with Crippen molar-refractivity contribution in [1.82, 2.24) is 5.32 Å². The number of methoxy groups -OCH3 is 1. The second-order valence-corrected chi connectivity index (χ2v) is 5.78. The minimum absolute atomic E-state index is 0.00311. The normalized spacial score (nSPS) is 11.6. The first-order valence-electron chi connectivity index (χ1n) is 7.52. The van der Waals surface area contributed by atoms with E-state index >= 15 is 0 Å². The number of hydrogen-bond donors (Lipinski definition) is 2. The van der Waals surface area contributed by atoms with Crippen LogP contribution in [0, 0.1) is 10.1 Å². The first-order chi connectivity index (χ1) is 11.9. The molecule has 0 unspecified atom stereocenters. The van der Waals surface area contributed by atoms with Crippen LogP contribution in [-0.4, -0.2) is 24.5 Å². The maximum Gasteiger partial charge on any atom is 0.296 e. The summed E-state index contributed by atoms with van der Waals surface area (Å²) in [5, 5.41) is 17.3. The van der Waals surface area contributed by atoms with Crippen molar-refractivity contribution in [3.63, 3.8) is 0 Å². The molecule has 2 aromatic carbocycles. The van der Waals surface area contributed by atoms with Crippen molar-refractivity contribution in [2.24, 2.45) is 0 Å². The van der Waals surface area contributed by atoms with E-state index in [-0.39, 0.29) is 29.9 Å². The van der Waals surface area contributed by atoms with Gasteiger partial charge in [-0.3, -0.25) is 14.9 Å². The van der Waals surface area contributed by atoms with Crippen molar-refractivity contribution in [1.29, 1.82) is 0 Å². The van der Waals surface area contributed by atoms with Gasteiger partial charge in [-0.2, -0.15) is 0 Å². The number of nitro groups is 1. The maximum atomic E-state index is 12.1. The molecule has 132 valence electrons. The smallest absolute Gasteiger partial charge is 0.296 e. The van der Waals surface area contributed by atoms with Crippen LogP contribution < -0.4 is 15.4 Å².